The lowest BCUT2D eigenvalue weighted by molar-refractivity contribution is -0.170. The van der Waals surface area contributed by atoms with Gasteiger partial charge < -0.3 is 18.9 Å². The zero-order valence-electron chi connectivity index (χ0n) is 23.5. The van der Waals surface area contributed by atoms with E-state index in [4.69, 9.17) is 18.9 Å². The van der Waals surface area contributed by atoms with E-state index in [1.54, 1.807) is 24.3 Å². The molecule has 0 spiro atoms. The molecule has 0 fully saturated rings. The quantitative estimate of drug-likeness (QED) is 0.0490. The smallest absolute Gasteiger partial charge is 0.306 e. The largest absolute Gasteiger partial charge is 0.465 e. The zero-order chi connectivity index (χ0) is 31.3. The molecule has 0 aromatic carbocycles. The van der Waals surface area contributed by atoms with Gasteiger partial charge in [-0.15, -0.1) is 26.3 Å². The van der Waals surface area contributed by atoms with Crippen molar-refractivity contribution in [2.45, 2.75) is 72.4 Å². The molecule has 41 heavy (non-hydrogen) atoms. The third kappa shape index (κ3) is 19.9. The predicted molar refractivity (Wildman–Crippen MR) is 175 cm³/mol. The standard InChI is InChI=1S/C29H44O8S4/c1-5-9-21(38)13-25(30)34-17-29(18-35-26(31)14-22(39)10-6-2,19-36-27(32)15-23(40)11-7-3)20-37-28(33)16-24(41)12-8-4/h5-8,21-24,38-41H,1-4,9-20H2. The average Bonchev–Trinajstić information content (AvgIpc) is 2.88. The number of carbonyl (C=O) groups excluding carboxylic acids is 4. The van der Waals surface area contributed by atoms with Crippen LogP contribution in [0.2, 0.25) is 0 Å². The highest BCUT2D eigenvalue weighted by Gasteiger charge is 2.38. The van der Waals surface area contributed by atoms with Gasteiger partial charge in [-0.1, -0.05) is 24.3 Å². The van der Waals surface area contributed by atoms with E-state index in [0.29, 0.717) is 25.7 Å². The lowest BCUT2D eigenvalue weighted by Crippen LogP contribution is -2.44. The molecule has 0 aliphatic rings. The Kier molecular flexibility index (Phi) is 21.8. The third-order valence-electron chi connectivity index (χ3n) is 5.52. The first-order chi connectivity index (χ1) is 19.4. The first-order valence-corrected chi connectivity index (χ1v) is 15.2. The fourth-order valence-corrected chi connectivity index (χ4v) is 4.49. The minimum absolute atomic E-state index is 0.0147. The number of hydrogen-bond acceptors (Lipinski definition) is 12. The molecule has 0 aromatic rings. The summed E-state index contributed by atoms with van der Waals surface area (Å²) < 4.78 is 22.0. The summed E-state index contributed by atoms with van der Waals surface area (Å²) in [6.45, 7) is 13.1. The van der Waals surface area contributed by atoms with Crippen molar-refractivity contribution < 1.29 is 38.1 Å². The lowest BCUT2D eigenvalue weighted by Gasteiger charge is -2.32. The number of hydrogen-bond donors (Lipinski definition) is 4. The maximum Gasteiger partial charge on any atom is 0.306 e. The van der Waals surface area contributed by atoms with Gasteiger partial charge in [-0.05, 0) is 25.7 Å². The van der Waals surface area contributed by atoms with Crippen molar-refractivity contribution >= 4 is 74.4 Å². The van der Waals surface area contributed by atoms with Gasteiger partial charge in [0.05, 0.1) is 25.7 Å². The molecule has 0 saturated carbocycles. The van der Waals surface area contributed by atoms with Crippen LogP contribution in [0.4, 0.5) is 0 Å². The van der Waals surface area contributed by atoms with Gasteiger partial charge in [0, 0.05) is 21.0 Å². The normalized spacial score (nSPS) is 15.1. The molecule has 12 heteroatoms. The van der Waals surface area contributed by atoms with Crippen molar-refractivity contribution in [3.05, 3.63) is 50.6 Å². The lowest BCUT2D eigenvalue weighted by atomic mass is 9.92. The fraction of sp³-hybridized carbons (Fsp3) is 0.586. The van der Waals surface area contributed by atoms with Crippen LogP contribution in [-0.4, -0.2) is 71.3 Å². The van der Waals surface area contributed by atoms with Crippen molar-refractivity contribution in [3.63, 3.8) is 0 Å². The maximum atomic E-state index is 12.6. The van der Waals surface area contributed by atoms with Crippen LogP contribution in [-0.2, 0) is 38.1 Å². The number of rotatable bonds is 24. The first kappa shape index (κ1) is 39.2. The van der Waals surface area contributed by atoms with Gasteiger partial charge in [0.25, 0.3) is 0 Å². The Morgan fingerprint density at radius 1 is 0.488 bits per heavy atom. The van der Waals surface area contributed by atoms with E-state index in [1.807, 2.05) is 0 Å². The number of allylic oxidation sites excluding steroid dienone is 4. The van der Waals surface area contributed by atoms with E-state index in [0.717, 1.165) is 0 Å². The van der Waals surface area contributed by atoms with Crippen LogP contribution >= 0.6 is 50.5 Å². The Hall–Kier alpha value is -1.76. The van der Waals surface area contributed by atoms with Gasteiger partial charge >= 0.3 is 23.9 Å². The van der Waals surface area contributed by atoms with Gasteiger partial charge in [-0.25, -0.2) is 0 Å². The minimum atomic E-state index is -1.39. The molecule has 0 bridgehead atoms. The molecule has 0 heterocycles. The monoisotopic (exact) mass is 648 g/mol. The van der Waals surface area contributed by atoms with E-state index in [9.17, 15) is 19.2 Å². The Labute approximate surface area is 266 Å². The van der Waals surface area contributed by atoms with Crippen LogP contribution in [0.5, 0.6) is 0 Å². The Morgan fingerprint density at radius 2 is 0.683 bits per heavy atom. The molecule has 0 N–H and O–H groups in total. The second-order valence-electron chi connectivity index (χ2n) is 9.67. The van der Waals surface area contributed by atoms with Crippen LogP contribution in [0, 0.1) is 5.41 Å². The van der Waals surface area contributed by atoms with Gasteiger partial charge in [-0.2, -0.15) is 50.5 Å². The molecule has 4 unspecified atom stereocenters. The topological polar surface area (TPSA) is 105 Å². The summed E-state index contributed by atoms with van der Waals surface area (Å²) in [6.07, 6.45) is 8.42. The van der Waals surface area contributed by atoms with Gasteiger partial charge in [0.1, 0.15) is 31.8 Å². The molecular formula is C29H44O8S4. The number of ether oxygens (including phenoxy) is 4. The number of esters is 4. The second kappa shape index (κ2) is 22.8. The molecular weight excluding hydrogens is 605 g/mol. The molecule has 232 valence electrons. The molecule has 4 atom stereocenters. The Morgan fingerprint density at radius 3 is 0.854 bits per heavy atom. The number of carbonyl (C=O) groups is 4. The molecule has 0 aromatic heterocycles. The fourth-order valence-electron chi connectivity index (χ4n) is 3.29. The summed E-state index contributed by atoms with van der Waals surface area (Å²) >= 11 is 17.4. The minimum Gasteiger partial charge on any atom is -0.465 e. The van der Waals surface area contributed by atoms with E-state index in [-0.39, 0.29) is 73.1 Å². The molecule has 0 saturated heterocycles. The van der Waals surface area contributed by atoms with Crippen LogP contribution in [0.1, 0.15) is 51.4 Å². The summed E-state index contributed by atoms with van der Waals surface area (Å²) in [7, 11) is 0. The Bertz CT molecular complexity index is 737. The summed E-state index contributed by atoms with van der Waals surface area (Å²) in [4.78, 5) is 50.2. The van der Waals surface area contributed by atoms with Crippen molar-refractivity contribution in [3.8, 4) is 0 Å². The van der Waals surface area contributed by atoms with Crippen LogP contribution in [0.15, 0.2) is 50.6 Å². The molecule has 0 radical (unpaired) electrons. The van der Waals surface area contributed by atoms with Crippen molar-refractivity contribution in [2.24, 2.45) is 5.41 Å². The number of thiol groups is 4. The molecule has 0 rings (SSSR count). The molecule has 0 aliphatic heterocycles. The second-order valence-corrected chi connectivity index (χ2v) is 12.6. The van der Waals surface area contributed by atoms with Crippen molar-refractivity contribution in [1.29, 1.82) is 0 Å². The molecule has 0 aliphatic carbocycles. The highest BCUT2D eigenvalue weighted by atomic mass is 32.1. The highest BCUT2D eigenvalue weighted by Crippen LogP contribution is 2.24. The van der Waals surface area contributed by atoms with Crippen molar-refractivity contribution in [2.75, 3.05) is 26.4 Å². The van der Waals surface area contributed by atoms with E-state index in [2.05, 4.69) is 76.8 Å². The Balaban J connectivity index is 5.88. The van der Waals surface area contributed by atoms with Gasteiger partial charge in [-0.3, -0.25) is 19.2 Å². The van der Waals surface area contributed by atoms with Gasteiger partial charge in [0.15, 0.2) is 0 Å². The van der Waals surface area contributed by atoms with E-state index < -0.39 is 29.3 Å². The zero-order valence-corrected chi connectivity index (χ0v) is 27.1. The van der Waals surface area contributed by atoms with Crippen LogP contribution < -0.4 is 0 Å². The summed E-state index contributed by atoms with van der Waals surface area (Å²) in [5.74, 6) is -2.32. The van der Waals surface area contributed by atoms with Crippen LogP contribution in [0.3, 0.4) is 0 Å². The van der Waals surface area contributed by atoms with E-state index >= 15 is 0 Å². The van der Waals surface area contributed by atoms with Crippen molar-refractivity contribution in [1.82, 2.24) is 0 Å². The summed E-state index contributed by atoms with van der Waals surface area (Å²) in [5.41, 5.74) is -1.39. The maximum absolute atomic E-state index is 12.6. The summed E-state index contributed by atoms with van der Waals surface area (Å²) in [5, 5.41) is -1.24. The molecule has 0 amide bonds. The molecule has 8 nitrogen and oxygen atoms in total. The van der Waals surface area contributed by atoms with Crippen LogP contribution in [0.25, 0.3) is 0 Å². The summed E-state index contributed by atoms with van der Waals surface area (Å²) in [6, 6.07) is 0. The highest BCUT2D eigenvalue weighted by molar-refractivity contribution is 7.81. The van der Waals surface area contributed by atoms with Gasteiger partial charge in [0.2, 0.25) is 0 Å². The average molecular weight is 649 g/mol. The van der Waals surface area contributed by atoms with E-state index in [1.165, 1.54) is 0 Å². The predicted octanol–water partition coefficient (Wildman–Crippen LogP) is 5.20. The SMILES string of the molecule is C=CCC(S)CC(=O)OCC(COC(=O)CC(S)CC=C)(COC(=O)CC(S)CC=C)COC(=O)CC(S)CC=C. The third-order valence-corrected chi connectivity index (χ3v) is 7.10. The first-order valence-electron chi connectivity index (χ1n) is 13.2.